The average Bonchev–Trinajstić information content (AvgIpc) is 2.68. The van der Waals surface area contributed by atoms with Gasteiger partial charge in [0.25, 0.3) is 0 Å². The number of anilines is 1. The summed E-state index contributed by atoms with van der Waals surface area (Å²) in [4.78, 5) is 14.6. The van der Waals surface area contributed by atoms with E-state index < -0.39 is 0 Å². The molecule has 3 aromatic rings. The first-order chi connectivity index (χ1) is 12.3. The summed E-state index contributed by atoms with van der Waals surface area (Å²) in [6, 6.07) is 17.4. The lowest BCUT2D eigenvalue weighted by molar-refractivity contribution is 0.121. The highest BCUT2D eigenvalue weighted by atomic mass is 16.5. The molecule has 1 fully saturated rings. The van der Waals surface area contributed by atoms with Crippen molar-refractivity contribution < 1.29 is 9.15 Å². The molecule has 0 atom stereocenters. The van der Waals surface area contributed by atoms with E-state index in [1.54, 1.807) is 6.07 Å². The van der Waals surface area contributed by atoms with Gasteiger partial charge in [0.2, 0.25) is 0 Å². The number of hydrogen-bond acceptors (Lipinski definition) is 4. The molecule has 2 aromatic carbocycles. The van der Waals surface area contributed by atoms with E-state index in [0.29, 0.717) is 30.1 Å². The number of nitrogens with zero attached hydrogens (tertiary/aromatic N) is 1. The lowest BCUT2D eigenvalue weighted by Crippen LogP contribution is -2.36. The van der Waals surface area contributed by atoms with Crippen LogP contribution in [0.3, 0.4) is 0 Å². The summed E-state index contributed by atoms with van der Waals surface area (Å²) in [7, 11) is 0. The molecule has 0 aliphatic carbocycles. The topological polar surface area (TPSA) is 42.7 Å². The molecule has 0 unspecified atom stereocenters. The van der Waals surface area contributed by atoms with Gasteiger partial charge in [-0.25, -0.2) is 0 Å². The van der Waals surface area contributed by atoms with Crippen LogP contribution in [0.2, 0.25) is 0 Å². The van der Waals surface area contributed by atoms with Crippen LogP contribution in [0.5, 0.6) is 0 Å². The predicted molar refractivity (Wildman–Crippen MR) is 101 cm³/mol. The Morgan fingerprint density at radius 3 is 2.44 bits per heavy atom. The highest BCUT2D eigenvalue weighted by Crippen LogP contribution is 2.21. The summed E-state index contributed by atoms with van der Waals surface area (Å²) in [5, 5.41) is 0.604. The van der Waals surface area contributed by atoms with Gasteiger partial charge in [0.05, 0.1) is 18.6 Å². The number of morpholine rings is 1. The monoisotopic (exact) mass is 333 g/mol. The van der Waals surface area contributed by atoms with E-state index in [-0.39, 0.29) is 5.43 Å². The predicted octanol–water partition coefficient (Wildman–Crippen LogP) is 3.80. The van der Waals surface area contributed by atoms with E-state index >= 15 is 0 Å². The first-order valence-electron chi connectivity index (χ1n) is 8.43. The summed E-state index contributed by atoms with van der Waals surface area (Å²) in [6.07, 6.45) is 4.04. The van der Waals surface area contributed by atoms with Crippen LogP contribution in [0.15, 0.2) is 63.8 Å². The van der Waals surface area contributed by atoms with Crippen molar-refractivity contribution >= 4 is 29.0 Å². The van der Waals surface area contributed by atoms with E-state index in [4.69, 9.17) is 9.15 Å². The van der Waals surface area contributed by atoms with Gasteiger partial charge in [-0.3, -0.25) is 4.79 Å². The molecule has 4 rings (SSSR count). The molecule has 2 heterocycles. The van der Waals surface area contributed by atoms with Crippen molar-refractivity contribution in [3.63, 3.8) is 0 Å². The Morgan fingerprint density at radius 2 is 1.64 bits per heavy atom. The highest BCUT2D eigenvalue weighted by Gasteiger charge is 2.15. The Balaban J connectivity index is 1.66. The molecule has 4 nitrogen and oxygen atoms in total. The molecule has 25 heavy (non-hydrogen) atoms. The van der Waals surface area contributed by atoms with Gasteiger partial charge in [-0.15, -0.1) is 0 Å². The zero-order valence-corrected chi connectivity index (χ0v) is 13.9. The minimum Gasteiger partial charge on any atom is -0.440 e. The molecule has 1 aliphatic heterocycles. The van der Waals surface area contributed by atoms with Gasteiger partial charge in [0.15, 0.2) is 11.3 Å². The summed E-state index contributed by atoms with van der Waals surface area (Å²) in [5.74, 6) is 0.619. The molecule has 1 aromatic heterocycles. The fourth-order valence-corrected chi connectivity index (χ4v) is 2.96. The molecule has 1 aliphatic rings. The minimum absolute atomic E-state index is 0.0160. The van der Waals surface area contributed by atoms with Crippen molar-refractivity contribution in [3.05, 3.63) is 75.9 Å². The zero-order valence-electron chi connectivity index (χ0n) is 13.9. The SMILES string of the molecule is O=c1cc(N2CCOCC2)oc2ccc(/C=C/c3ccccc3)cc12. The summed E-state index contributed by atoms with van der Waals surface area (Å²) in [6.45, 7) is 2.80. The molecule has 1 saturated heterocycles. The van der Waals surface area contributed by atoms with Crippen LogP contribution >= 0.6 is 0 Å². The Labute approximate surface area is 146 Å². The van der Waals surface area contributed by atoms with Gasteiger partial charge in [-0.2, -0.15) is 0 Å². The molecule has 0 bridgehead atoms. The largest absolute Gasteiger partial charge is 0.440 e. The maximum absolute atomic E-state index is 12.5. The normalized spacial score (nSPS) is 15.1. The highest BCUT2D eigenvalue weighted by molar-refractivity contribution is 5.82. The lowest BCUT2D eigenvalue weighted by atomic mass is 10.1. The van der Waals surface area contributed by atoms with Crippen LogP contribution < -0.4 is 10.3 Å². The van der Waals surface area contributed by atoms with Gasteiger partial charge >= 0.3 is 0 Å². The number of hydrogen-bond donors (Lipinski definition) is 0. The third-order valence-electron chi connectivity index (χ3n) is 4.33. The van der Waals surface area contributed by atoms with Crippen molar-refractivity contribution in [3.8, 4) is 0 Å². The quantitative estimate of drug-likeness (QED) is 0.684. The first kappa shape index (κ1) is 15.7. The number of fused-ring (bicyclic) bond motifs is 1. The molecule has 0 N–H and O–H groups in total. The van der Waals surface area contributed by atoms with E-state index in [2.05, 4.69) is 0 Å². The van der Waals surface area contributed by atoms with Crippen molar-refractivity contribution in [1.82, 2.24) is 0 Å². The molecule has 0 saturated carbocycles. The molecular weight excluding hydrogens is 314 g/mol. The third-order valence-corrected chi connectivity index (χ3v) is 4.33. The Morgan fingerprint density at radius 1 is 0.880 bits per heavy atom. The van der Waals surface area contributed by atoms with Crippen molar-refractivity contribution in [2.45, 2.75) is 0 Å². The van der Waals surface area contributed by atoms with Crippen LogP contribution in [0, 0.1) is 0 Å². The standard InChI is InChI=1S/C21H19NO3/c23-19-15-21(22-10-12-24-13-11-22)25-20-9-8-17(14-18(19)20)7-6-16-4-2-1-3-5-16/h1-9,14-15H,10-13H2/b7-6+. The van der Waals surface area contributed by atoms with Crippen molar-refractivity contribution in [2.24, 2.45) is 0 Å². The van der Waals surface area contributed by atoms with Gasteiger partial charge in [0, 0.05) is 19.2 Å². The Hall–Kier alpha value is -2.85. The van der Waals surface area contributed by atoms with Crippen molar-refractivity contribution in [2.75, 3.05) is 31.2 Å². The van der Waals surface area contributed by atoms with Gasteiger partial charge in [-0.1, -0.05) is 48.6 Å². The molecule has 0 amide bonds. The lowest BCUT2D eigenvalue weighted by Gasteiger charge is -2.27. The summed E-state index contributed by atoms with van der Waals surface area (Å²) < 4.78 is 11.3. The van der Waals surface area contributed by atoms with E-state index in [1.807, 2.05) is 65.6 Å². The molecule has 0 spiro atoms. The van der Waals surface area contributed by atoms with Crippen LogP contribution in [0.4, 0.5) is 5.88 Å². The van der Waals surface area contributed by atoms with Gasteiger partial charge in [0.1, 0.15) is 5.58 Å². The second kappa shape index (κ2) is 6.95. The smallest absolute Gasteiger partial charge is 0.200 e. The van der Waals surface area contributed by atoms with Crippen LogP contribution in [-0.2, 0) is 4.74 Å². The fraction of sp³-hybridized carbons (Fsp3) is 0.190. The minimum atomic E-state index is -0.0160. The fourth-order valence-electron chi connectivity index (χ4n) is 2.96. The maximum atomic E-state index is 12.5. The maximum Gasteiger partial charge on any atom is 0.200 e. The van der Waals surface area contributed by atoms with Gasteiger partial charge in [-0.05, 0) is 23.3 Å². The molecule has 0 radical (unpaired) electrons. The molecule has 126 valence electrons. The molecule has 4 heteroatoms. The van der Waals surface area contributed by atoms with Crippen LogP contribution in [0.25, 0.3) is 23.1 Å². The second-order valence-corrected chi connectivity index (χ2v) is 6.05. The van der Waals surface area contributed by atoms with E-state index in [0.717, 1.165) is 24.2 Å². The summed E-state index contributed by atoms with van der Waals surface area (Å²) in [5.41, 5.74) is 2.70. The average molecular weight is 333 g/mol. The number of rotatable bonds is 3. The van der Waals surface area contributed by atoms with Crippen molar-refractivity contribution in [1.29, 1.82) is 0 Å². The summed E-state index contributed by atoms with van der Waals surface area (Å²) >= 11 is 0. The number of benzene rings is 2. The molecular formula is C21H19NO3. The Bertz CT molecular complexity index is 954. The second-order valence-electron chi connectivity index (χ2n) is 6.05. The van der Waals surface area contributed by atoms with E-state index in [1.165, 1.54) is 0 Å². The van der Waals surface area contributed by atoms with Gasteiger partial charge < -0.3 is 14.1 Å². The van der Waals surface area contributed by atoms with E-state index in [9.17, 15) is 4.79 Å². The number of ether oxygens (including phenoxy) is 1. The first-order valence-corrected chi connectivity index (χ1v) is 8.43. The third kappa shape index (κ3) is 3.49. The Kier molecular flexibility index (Phi) is 4.36. The van der Waals surface area contributed by atoms with Crippen LogP contribution in [-0.4, -0.2) is 26.3 Å². The zero-order chi connectivity index (χ0) is 17.1. The van der Waals surface area contributed by atoms with Crippen LogP contribution in [0.1, 0.15) is 11.1 Å².